The lowest BCUT2D eigenvalue weighted by Gasteiger charge is -2.27. The largest absolute Gasteiger partial charge is 0.338 e. The second kappa shape index (κ2) is 7.04. The molecule has 0 N–H and O–H groups in total. The summed E-state index contributed by atoms with van der Waals surface area (Å²) in [4.78, 5) is 14.4. The molecular weight excluding hydrogens is 269 g/mol. The predicted molar refractivity (Wildman–Crippen MR) is 78.2 cm³/mol. The normalized spacial score (nSPS) is 12.3. The van der Waals surface area contributed by atoms with Crippen LogP contribution in [0, 0.1) is 5.82 Å². The highest BCUT2D eigenvalue weighted by Gasteiger charge is 2.21. The Morgan fingerprint density at radius 1 is 1.56 bits per heavy atom. The summed E-state index contributed by atoms with van der Waals surface area (Å²) in [5.41, 5.74) is 0.0875. The average Bonchev–Trinajstić information content (AvgIpc) is 2.37. The third-order valence-electron chi connectivity index (χ3n) is 2.88. The van der Waals surface area contributed by atoms with E-state index in [9.17, 15) is 9.18 Å². The first-order chi connectivity index (χ1) is 8.51. The Bertz CT molecular complexity index is 425. The molecule has 0 aliphatic carbocycles. The van der Waals surface area contributed by atoms with Gasteiger partial charge in [0.25, 0.3) is 5.91 Å². The van der Waals surface area contributed by atoms with Gasteiger partial charge in [0.05, 0.1) is 5.56 Å². The Hall–Kier alpha value is -0.680. The molecule has 0 aromatic heterocycles. The molecule has 1 unspecified atom stereocenters. The molecule has 0 aliphatic rings. The van der Waals surface area contributed by atoms with Gasteiger partial charge in [-0.05, 0) is 30.9 Å². The van der Waals surface area contributed by atoms with Gasteiger partial charge in [-0.25, -0.2) is 4.39 Å². The summed E-state index contributed by atoms with van der Waals surface area (Å²) in [6.45, 7) is 2.02. The van der Waals surface area contributed by atoms with Crippen molar-refractivity contribution < 1.29 is 9.18 Å². The topological polar surface area (TPSA) is 20.3 Å². The second-order valence-electron chi connectivity index (χ2n) is 4.10. The number of rotatable bonds is 5. The molecule has 0 bridgehead atoms. The molecule has 0 heterocycles. The molecule has 0 aliphatic heterocycles. The monoisotopic (exact) mass is 287 g/mol. The van der Waals surface area contributed by atoms with Gasteiger partial charge >= 0.3 is 0 Å². The van der Waals surface area contributed by atoms with Gasteiger partial charge in [0.2, 0.25) is 0 Å². The summed E-state index contributed by atoms with van der Waals surface area (Å²) in [5, 5.41) is 0. The van der Waals surface area contributed by atoms with Crippen LogP contribution in [-0.2, 0) is 0 Å². The Kier molecular flexibility index (Phi) is 6.02. The molecule has 1 aromatic carbocycles. The molecule has 0 saturated carbocycles. The van der Waals surface area contributed by atoms with Gasteiger partial charge in [-0.3, -0.25) is 4.79 Å². The third kappa shape index (κ3) is 3.65. The van der Waals surface area contributed by atoms with Crippen LogP contribution < -0.4 is 0 Å². The Morgan fingerprint density at radius 2 is 2.22 bits per heavy atom. The van der Waals surface area contributed by atoms with E-state index in [1.54, 1.807) is 23.7 Å². The molecule has 100 valence electrons. The van der Waals surface area contributed by atoms with Crippen molar-refractivity contribution in [1.82, 2.24) is 4.90 Å². The zero-order chi connectivity index (χ0) is 13.7. The summed E-state index contributed by atoms with van der Waals surface area (Å²) >= 11 is 5.82. The molecule has 2 nitrogen and oxygen atoms in total. The van der Waals surface area contributed by atoms with Crippen molar-refractivity contribution in [2.75, 3.05) is 19.1 Å². The molecule has 1 atom stereocenters. The van der Waals surface area contributed by atoms with Crippen LogP contribution in [0.4, 0.5) is 4.39 Å². The van der Waals surface area contributed by atoms with Crippen molar-refractivity contribution in [3.8, 4) is 0 Å². The fourth-order valence-electron chi connectivity index (χ4n) is 1.73. The molecule has 1 aromatic rings. The zero-order valence-electron chi connectivity index (χ0n) is 10.8. The van der Waals surface area contributed by atoms with E-state index in [1.807, 2.05) is 13.2 Å². The number of thioether (sulfide) groups is 1. The van der Waals surface area contributed by atoms with Crippen molar-refractivity contribution in [1.29, 1.82) is 0 Å². The van der Waals surface area contributed by atoms with Gasteiger partial charge in [0.15, 0.2) is 0 Å². The van der Waals surface area contributed by atoms with Crippen LogP contribution in [0.3, 0.4) is 0 Å². The predicted octanol–water partition coefficient (Wildman–Crippen LogP) is 3.33. The molecule has 1 rings (SSSR count). The summed E-state index contributed by atoms with van der Waals surface area (Å²) in [6.07, 6.45) is 2.85. The lowest BCUT2D eigenvalue weighted by molar-refractivity contribution is 0.0738. The number of benzene rings is 1. The van der Waals surface area contributed by atoms with E-state index in [0.29, 0.717) is 4.90 Å². The quantitative estimate of drug-likeness (QED) is 0.838. The van der Waals surface area contributed by atoms with Crippen LogP contribution in [0.25, 0.3) is 0 Å². The van der Waals surface area contributed by atoms with E-state index in [2.05, 4.69) is 12.6 Å². The van der Waals surface area contributed by atoms with Crippen molar-refractivity contribution in [2.45, 2.75) is 24.3 Å². The van der Waals surface area contributed by atoms with E-state index >= 15 is 0 Å². The minimum Gasteiger partial charge on any atom is -0.338 e. The third-order valence-corrected chi connectivity index (χ3v) is 3.87. The van der Waals surface area contributed by atoms with Crippen molar-refractivity contribution in [2.24, 2.45) is 0 Å². The Labute approximate surface area is 117 Å². The zero-order valence-corrected chi connectivity index (χ0v) is 12.5. The maximum Gasteiger partial charge on any atom is 0.256 e. The van der Waals surface area contributed by atoms with E-state index in [-0.39, 0.29) is 17.5 Å². The summed E-state index contributed by atoms with van der Waals surface area (Å²) in [5.74, 6) is 0.0638. The minimum absolute atomic E-state index is 0.0875. The SMILES string of the molecule is CCC(CSC)N(C)C(=O)c1cc(S)ccc1F. The molecule has 0 spiro atoms. The molecule has 0 saturated heterocycles. The highest BCUT2D eigenvalue weighted by molar-refractivity contribution is 7.98. The fourth-order valence-corrected chi connectivity index (χ4v) is 2.78. The fraction of sp³-hybridized carbons (Fsp3) is 0.462. The van der Waals surface area contributed by atoms with Gasteiger partial charge in [-0.1, -0.05) is 6.92 Å². The van der Waals surface area contributed by atoms with E-state index < -0.39 is 5.82 Å². The highest BCUT2D eigenvalue weighted by atomic mass is 32.2. The molecule has 5 heteroatoms. The maximum atomic E-state index is 13.6. The lowest BCUT2D eigenvalue weighted by Crippen LogP contribution is -2.38. The second-order valence-corrected chi connectivity index (χ2v) is 5.52. The van der Waals surface area contributed by atoms with Crippen LogP contribution in [0.2, 0.25) is 0 Å². The molecule has 1 amide bonds. The maximum absolute atomic E-state index is 13.6. The van der Waals surface area contributed by atoms with Gasteiger partial charge < -0.3 is 4.90 Å². The number of halogens is 1. The molecule has 0 fully saturated rings. The lowest BCUT2D eigenvalue weighted by atomic mass is 10.1. The van der Waals surface area contributed by atoms with E-state index in [4.69, 9.17) is 0 Å². The number of amides is 1. The van der Waals surface area contributed by atoms with Crippen molar-refractivity contribution in [3.63, 3.8) is 0 Å². The minimum atomic E-state index is -0.497. The Morgan fingerprint density at radius 3 is 2.78 bits per heavy atom. The van der Waals surface area contributed by atoms with Crippen LogP contribution in [0.15, 0.2) is 23.1 Å². The number of hydrogen-bond donors (Lipinski definition) is 1. The summed E-state index contributed by atoms with van der Waals surface area (Å²) < 4.78 is 13.6. The first-order valence-corrected chi connectivity index (χ1v) is 7.60. The number of hydrogen-bond acceptors (Lipinski definition) is 3. The number of carbonyl (C=O) groups excluding carboxylic acids is 1. The molecule has 0 radical (unpaired) electrons. The van der Waals surface area contributed by atoms with Crippen LogP contribution in [0.5, 0.6) is 0 Å². The first-order valence-electron chi connectivity index (χ1n) is 5.75. The van der Waals surface area contributed by atoms with Gasteiger partial charge in [-0.2, -0.15) is 11.8 Å². The molecule has 18 heavy (non-hydrogen) atoms. The number of carbonyl (C=O) groups is 1. The summed E-state index contributed by atoms with van der Waals surface area (Å²) in [7, 11) is 1.72. The van der Waals surface area contributed by atoms with Crippen LogP contribution in [0.1, 0.15) is 23.7 Å². The standard InChI is InChI=1S/C13H18FNOS2/c1-4-9(8-18-3)15(2)13(16)11-7-10(17)5-6-12(11)14/h5-7,9,17H,4,8H2,1-3H3. The van der Waals surface area contributed by atoms with Gasteiger partial charge in [0.1, 0.15) is 5.82 Å². The average molecular weight is 287 g/mol. The number of nitrogens with zero attached hydrogens (tertiary/aromatic N) is 1. The smallest absolute Gasteiger partial charge is 0.256 e. The number of thiol groups is 1. The van der Waals surface area contributed by atoms with E-state index in [1.165, 1.54) is 18.2 Å². The van der Waals surface area contributed by atoms with Crippen LogP contribution in [-0.4, -0.2) is 35.9 Å². The first kappa shape index (κ1) is 15.4. The van der Waals surface area contributed by atoms with Crippen molar-refractivity contribution in [3.05, 3.63) is 29.6 Å². The highest BCUT2D eigenvalue weighted by Crippen LogP contribution is 2.18. The van der Waals surface area contributed by atoms with Gasteiger partial charge in [0, 0.05) is 23.7 Å². The Balaban J connectivity index is 2.95. The van der Waals surface area contributed by atoms with Crippen molar-refractivity contribution >= 4 is 30.3 Å². The molecular formula is C13H18FNOS2. The van der Waals surface area contributed by atoms with E-state index in [0.717, 1.165) is 12.2 Å². The van der Waals surface area contributed by atoms with Gasteiger partial charge in [-0.15, -0.1) is 12.6 Å². The summed E-state index contributed by atoms with van der Waals surface area (Å²) in [6, 6.07) is 4.41. The van der Waals surface area contributed by atoms with Crippen LogP contribution >= 0.6 is 24.4 Å².